The molecule has 0 aromatic heterocycles. The van der Waals surface area contributed by atoms with Crippen molar-refractivity contribution >= 4 is 9.84 Å². The minimum absolute atomic E-state index is 0.131. The van der Waals surface area contributed by atoms with Crippen molar-refractivity contribution in [3.63, 3.8) is 0 Å². The highest BCUT2D eigenvalue weighted by atomic mass is 32.2. The van der Waals surface area contributed by atoms with Gasteiger partial charge in [0.15, 0.2) is 9.84 Å². The van der Waals surface area contributed by atoms with Crippen LogP contribution in [0.4, 0.5) is 0 Å². The maximum Gasteiger partial charge on any atom is 0.150 e. The van der Waals surface area contributed by atoms with Crippen LogP contribution in [0.1, 0.15) is 47.0 Å². The second-order valence-corrected chi connectivity index (χ2v) is 9.22. The summed E-state index contributed by atoms with van der Waals surface area (Å²) in [5.74, 6) is 1.46. The molecule has 0 radical (unpaired) electrons. The van der Waals surface area contributed by atoms with Crippen LogP contribution in [-0.4, -0.2) is 45.2 Å². The molecule has 1 aliphatic rings. The predicted octanol–water partition coefficient (Wildman–Crippen LogP) is 2.24. The molecule has 5 heteroatoms. The standard InChI is InChI=1S/C15H31NO3S/c1-12(2)16-10-13(6-8-15(3,4)19-5)14-7-9-20(17,18)11-14/h12-14,16H,6-11H2,1-5H3. The van der Waals surface area contributed by atoms with Crippen molar-refractivity contribution in [1.29, 1.82) is 0 Å². The van der Waals surface area contributed by atoms with Crippen LogP contribution in [0.25, 0.3) is 0 Å². The van der Waals surface area contributed by atoms with E-state index < -0.39 is 9.84 Å². The number of nitrogens with one attached hydrogen (secondary N) is 1. The minimum Gasteiger partial charge on any atom is -0.379 e. The number of hydrogen-bond acceptors (Lipinski definition) is 4. The van der Waals surface area contributed by atoms with E-state index in [1.165, 1.54) is 0 Å². The Balaban J connectivity index is 2.61. The van der Waals surface area contributed by atoms with Crippen LogP contribution in [0.15, 0.2) is 0 Å². The van der Waals surface area contributed by atoms with E-state index in [2.05, 4.69) is 33.0 Å². The highest BCUT2D eigenvalue weighted by Gasteiger charge is 2.34. The lowest BCUT2D eigenvalue weighted by molar-refractivity contribution is 0.00855. The molecule has 20 heavy (non-hydrogen) atoms. The van der Waals surface area contributed by atoms with Crippen molar-refractivity contribution in [2.24, 2.45) is 11.8 Å². The predicted molar refractivity (Wildman–Crippen MR) is 83.7 cm³/mol. The number of rotatable bonds is 8. The Morgan fingerprint density at radius 2 is 2.00 bits per heavy atom. The molecular weight excluding hydrogens is 274 g/mol. The lowest BCUT2D eigenvalue weighted by Gasteiger charge is -2.29. The summed E-state index contributed by atoms with van der Waals surface area (Å²) in [5, 5.41) is 3.47. The van der Waals surface area contributed by atoms with E-state index in [-0.39, 0.29) is 5.60 Å². The van der Waals surface area contributed by atoms with Gasteiger partial charge in [0.1, 0.15) is 0 Å². The molecule has 0 aromatic carbocycles. The molecule has 0 saturated carbocycles. The fraction of sp³-hybridized carbons (Fsp3) is 1.00. The van der Waals surface area contributed by atoms with E-state index in [0.717, 1.165) is 25.8 Å². The molecule has 1 heterocycles. The van der Waals surface area contributed by atoms with Gasteiger partial charge >= 0.3 is 0 Å². The van der Waals surface area contributed by atoms with Gasteiger partial charge in [-0.3, -0.25) is 0 Å². The van der Waals surface area contributed by atoms with Crippen LogP contribution >= 0.6 is 0 Å². The van der Waals surface area contributed by atoms with Gasteiger partial charge in [-0.05, 0) is 51.5 Å². The van der Waals surface area contributed by atoms with E-state index in [9.17, 15) is 8.42 Å². The Kier molecular flexibility index (Phi) is 6.48. The van der Waals surface area contributed by atoms with E-state index in [4.69, 9.17) is 4.74 Å². The SMILES string of the molecule is COC(C)(C)CCC(CNC(C)C)C1CCS(=O)(=O)C1. The van der Waals surface area contributed by atoms with Gasteiger partial charge in [0.25, 0.3) is 0 Å². The molecule has 1 fully saturated rings. The van der Waals surface area contributed by atoms with E-state index in [1.807, 2.05) is 0 Å². The Bertz CT molecular complexity index is 390. The fourth-order valence-corrected chi connectivity index (χ4v) is 4.64. The highest BCUT2D eigenvalue weighted by Crippen LogP contribution is 2.31. The Labute approximate surface area is 124 Å². The third-order valence-electron chi connectivity index (χ3n) is 4.39. The van der Waals surface area contributed by atoms with Crippen LogP contribution in [0.3, 0.4) is 0 Å². The molecule has 0 amide bonds. The first-order valence-corrected chi connectivity index (χ1v) is 9.46. The van der Waals surface area contributed by atoms with Crippen molar-refractivity contribution in [3.8, 4) is 0 Å². The average Bonchev–Trinajstić information content (AvgIpc) is 2.69. The molecule has 4 nitrogen and oxygen atoms in total. The van der Waals surface area contributed by atoms with Crippen LogP contribution < -0.4 is 5.32 Å². The Morgan fingerprint density at radius 3 is 2.45 bits per heavy atom. The minimum atomic E-state index is -2.80. The van der Waals surface area contributed by atoms with Crippen molar-refractivity contribution < 1.29 is 13.2 Å². The van der Waals surface area contributed by atoms with Crippen LogP contribution in [0.2, 0.25) is 0 Å². The zero-order valence-electron chi connectivity index (χ0n) is 13.6. The van der Waals surface area contributed by atoms with E-state index >= 15 is 0 Å². The summed E-state index contributed by atoms with van der Waals surface area (Å²) in [6.45, 7) is 9.33. The summed E-state index contributed by atoms with van der Waals surface area (Å²) in [4.78, 5) is 0. The first-order valence-electron chi connectivity index (χ1n) is 7.64. The topological polar surface area (TPSA) is 55.4 Å². The van der Waals surface area contributed by atoms with Gasteiger partial charge < -0.3 is 10.1 Å². The molecule has 0 spiro atoms. The molecule has 0 aliphatic carbocycles. The fourth-order valence-electron chi connectivity index (χ4n) is 2.72. The van der Waals surface area contributed by atoms with Crippen molar-refractivity contribution in [3.05, 3.63) is 0 Å². The normalized spacial score (nSPS) is 24.2. The third-order valence-corrected chi connectivity index (χ3v) is 6.19. The molecule has 1 saturated heterocycles. The quantitative estimate of drug-likeness (QED) is 0.747. The van der Waals surface area contributed by atoms with E-state index in [0.29, 0.717) is 29.4 Å². The summed E-state index contributed by atoms with van der Waals surface area (Å²) in [5.41, 5.74) is -0.131. The summed E-state index contributed by atoms with van der Waals surface area (Å²) in [6.07, 6.45) is 2.80. The molecule has 0 bridgehead atoms. The molecule has 2 unspecified atom stereocenters. The third kappa shape index (κ3) is 6.10. The second-order valence-electron chi connectivity index (χ2n) is 6.99. The van der Waals surface area contributed by atoms with Crippen LogP contribution in [0, 0.1) is 11.8 Å². The van der Waals surface area contributed by atoms with E-state index in [1.54, 1.807) is 7.11 Å². The first-order chi connectivity index (χ1) is 9.15. The summed E-state index contributed by atoms with van der Waals surface area (Å²) in [7, 11) is -1.06. The number of sulfone groups is 1. The van der Waals surface area contributed by atoms with Crippen LogP contribution in [-0.2, 0) is 14.6 Å². The molecule has 0 aromatic rings. The van der Waals surface area contributed by atoms with Crippen molar-refractivity contribution in [2.45, 2.75) is 58.6 Å². The van der Waals surface area contributed by atoms with Crippen molar-refractivity contribution in [2.75, 3.05) is 25.2 Å². The zero-order valence-corrected chi connectivity index (χ0v) is 14.4. The highest BCUT2D eigenvalue weighted by molar-refractivity contribution is 7.91. The molecule has 1 N–H and O–H groups in total. The van der Waals surface area contributed by atoms with Gasteiger partial charge in [-0.2, -0.15) is 0 Å². The Morgan fingerprint density at radius 1 is 1.35 bits per heavy atom. The first kappa shape index (κ1) is 17.9. The molecule has 1 aliphatic heterocycles. The Hall–Kier alpha value is -0.130. The molecule has 1 rings (SSSR count). The number of ether oxygens (including phenoxy) is 1. The summed E-state index contributed by atoms with van der Waals surface area (Å²) in [6, 6.07) is 0.436. The van der Waals surface area contributed by atoms with Gasteiger partial charge in [0.05, 0.1) is 17.1 Å². The summed E-state index contributed by atoms with van der Waals surface area (Å²) >= 11 is 0. The van der Waals surface area contributed by atoms with Gasteiger partial charge in [0.2, 0.25) is 0 Å². The van der Waals surface area contributed by atoms with Gasteiger partial charge in [-0.15, -0.1) is 0 Å². The average molecular weight is 305 g/mol. The lowest BCUT2D eigenvalue weighted by atomic mass is 9.84. The lowest BCUT2D eigenvalue weighted by Crippen LogP contribution is -2.34. The molecular formula is C15H31NO3S. The smallest absolute Gasteiger partial charge is 0.150 e. The van der Waals surface area contributed by atoms with Crippen LogP contribution in [0.5, 0.6) is 0 Å². The number of hydrogen-bond donors (Lipinski definition) is 1. The van der Waals surface area contributed by atoms with Crippen molar-refractivity contribution in [1.82, 2.24) is 5.32 Å². The van der Waals surface area contributed by atoms with Gasteiger partial charge in [-0.1, -0.05) is 13.8 Å². The summed E-state index contributed by atoms with van der Waals surface area (Å²) < 4.78 is 28.9. The monoisotopic (exact) mass is 305 g/mol. The number of methoxy groups -OCH3 is 1. The molecule has 120 valence electrons. The van der Waals surface area contributed by atoms with Gasteiger partial charge in [-0.25, -0.2) is 8.42 Å². The van der Waals surface area contributed by atoms with Gasteiger partial charge in [0, 0.05) is 13.2 Å². The maximum absolute atomic E-state index is 11.7. The zero-order chi connectivity index (χ0) is 15.4. The largest absolute Gasteiger partial charge is 0.379 e. The second kappa shape index (κ2) is 7.23. The molecule has 2 atom stereocenters. The maximum atomic E-state index is 11.7.